The van der Waals surface area contributed by atoms with Gasteiger partial charge in [0.1, 0.15) is 11.2 Å². The van der Waals surface area contributed by atoms with E-state index >= 15 is 0 Å². The summed E-state index contributed by atoms with van der Waals surface area (Å²) in [6.07, 6.45) is 15.8. The van der Waals surface area contributed by atoms with E-state index in [4.69, 9.17) is 4.42 Å². The molecule has 2 unspecified atom stereocenters. The zero-order valence-electron chi connectivity index (χ0n) is 33.3. The molecule has 2 heterocycles. The lowest BCUT2D eigenvalue weighted by atomic mass is 9.77. The van der Waals surface area contributed by atoms with E-state index in [-0.39, 0.29) is 5.41 Å². The Balaban J connectivity index is 0.989. The fourth-order valence-corrected chi connectivity index (χ4v) is 9.44. The molecule has 2 aliphatic carbocycles. The van der Waals surface area contributed by atoms with Crippen molar-refractivity contribution in [2.75, 3.05) is 4.90 Å². The van der Waals surface area contributed by atoms with Crippen molar-refractivity contribution >= 4 is 60.7 Å². The summed E-state index contributed by atoms with van der Waals surface area (Å²) in [5.74, 6) is 0.507. The van der Waals surface area contributed by atoms with Gasteiger partial charge >= 0.3 is 0 Å². The second-order valence-corrected chi connectivity index (χ2v) is 16.4. The van der Waals surface area contributed by atoms with Crippen LogP contribution in [0.5, 0.6) is 0 Å². The Labute approximate surface area is 345 Å². The Morgan fingerprint density at radius 2 is 1.34 bits per heavy atom. The topological polar surface area (TPSA) is 21.3 Å². The molecular weight excluding hydrogens is 717 g/mol. The molecule has 2 atom stereocenters. The van der Waals surface area contributed by atoms with Gasteiger partial charge in [0.05, 0.1) is 11.0 Å². The van der Waals surface area contributed by atoms with Gasteiger partial charge in [-0.3, -0.25) is 0 Å². The van der Waals surface area contributed by atoms with E-state index in [2.05, 4.69) is 217 Å². The summed E-state index contributed by atoms with van der Waals surface area (Å²) < 4.78 is 8.86. The van der Waals surface area contributed by atoms with Gasteiger partial charge in [0.2, 0.25) is 0 Å². The molecule has 0 amide bonds. The smallest absolute Gasteiger partial charge is 0.143 e. The number of anilines is 2. The van der Waals surface area contributed by atoms with Crippen LogP contribution in [0.2, 0.25) is 0 Å². The van der Waals surface area contributed by atoms with Crippen molar-refractivity contribution in [1.82, 2.24) is 4.57 Å². The molecule has 59 heavy (non-hydrogen) atoms. The third-order valence-corrected chi connectivity index (χ3v) is 12.7. The van der Waals surface area contributed by atoms with Gasteiger partial charge in [0.15, 0.2) is 0 Å². The van der Waals surface area contributed by atoms with Gasteiger partial charge in [-0.1, -0.05) is 147 Å². The minimum atomic E-state index is -0.0593. The lowest BCUT2D eigenvalue weighted by Crippen LogP contribution is -2.24. The first kappa shape index (κ1) is 35.1. The summed E-state index contributed by atoms with van der Waals surface area (Å²) in [5.41, 5.74) is 15.0. The summed E-state index contributed by atoms with van der Waals surface area (Å²) in [5, 5.41) is 4.73. The number of rotatable bonds is 7. The molecule has 0 spiro atoms. The van der Waals surface area contributed by atoms with E-state index in [1.807, 2.05) is 6.07 Å². The van der Waals surface area contributed by atoms with E-state index < -0.39 is 0 Å². The summed E-state index contributed by atoms with van der Waals surface area (Å²) >= 11 is 0. The van der Waals surface area contributed by atoms with Crippen LogP contribution in [0.4, 0.5) is 11.4 Å². The van der Waals surface area contributed by atoms with E-state index in [1.54, 1.807) is 0 Å². The Bertz CT molecular complexity index is 3170. The SMILES string of the molecule is CC1CC=CC=C1c1ccc(N(C2=CCC(C)(c3ccccc3)C=C2)c2ccc(-n3c4ccccc4c4cc(-c5cccc6c5oc5ccccc56)ccc43)cc2)cc1. The number of hydrogen-bond acceptors (Lipinski definition) is 2. The quantitative estimate of drug-likeness (QED) is 0.161. The van der Waals surface area contributed by atoms with Crippen LogP contribution in [0, 0.1) is 5.92 Å². The molecule has 0 aliphatic heterocycles. The molecule has 3 nitrogen and oxygen atoms in total. The van der Waals surface area contributed by atoms with E-state index in [9.17, 15) is 0 Å². The monoisotopic (exact) mass is 760 g/mol. The molecule has 7 aromatic carbocycles. The van der Waals surface area contributed by atoms with E-state index in [0.717, 1.165) is 63.0 Å². The van der Waals surface area contributed by atoms with Crippen LogP contribution in [0.25, 0.3) is 66.1 Å². The summed E-state index contributed by atoms with van der Waals surface area (Å²) in [6, 6.07) is 59.5. The average Bonchev–Trinajstić information content (AvgIpc) is 3.84. The lowest BCUT2D eigenvalue weighted by molar-refractivity contribution is 0.595. The zero-order valence-corrected chi connectivity index (χ0v) is 33.3. The summed E-state index contributed by atoms with van der Waals surface area (Å²) in [4.78, 5) is 2.41. The zero-order chi connectivity index (χ0) is 39.5. The Hall–Kier alpha value is -7.10. The standard InChI is InChI=1S/C56H44N2O/c1-38-13-6-7-16-46(38)39-23-26-42(27-24-39)57(45-33-35-56(2,36-34-45)41-14-4-3-5-15-41)43-28-30-44(31-29-43)58-52-21-10-8-17-48(52)51-37-40(25-32-53(51)58)47-19-12-20-50-49-18-9-11-22-54(49)59-55(47)50/h3-12,14-35,37-38H,13,36H2,1-2H3. The van der Waals surface area contributed by atoms with Crippen LogP contribution in [0.3, 0.4) is 0 Å². The average molecular weight is 761 g/mol. The van der Waals surface area contributed by atoms with Crippen LogP contribution < -0.4 is 4.90 Å². The molecule has 284 valence electrons. The molecule has 2 aliphatic rings. The van der Waals surface area contributed by atoms with Crippen molar-refractivity contribution in [2.24, 2.45) is 5.92 Å². The second kappa shape index (κ2) is 14.1. The minimum Gasteiger partial charge on any atom is -0.455 e. The van der Waals surface area contributed by atoms with Gasteiger partial charge in [0.25, 0.3) is 0 Å². The van der Waals surface area contributed by atoms with Gasteiger partial charge < -0.3 is 13.9 Å². The van der Waals surface area contributed by atoms with Gasteiger partial charge in [-0.15, -0.1) is 0 Å². The van der Waals surface area contributed by atoms with Crippen LogP contribution >= 0.6 is 0 Å². The molecule has 0 radical (unpaired) electrons. The predicted octanol–water partition coefficient (Wildman–Crippen LogP) is 15.3. The summed E-state index contributed by atoms with van der Waals surface area (Å²) in [7, 11) is 0. The number of benzene rings is 7. The van der Waals surface area contributed by atoms with Gasteiger partial charge in [-0.2, -0.15) is 0 Å². The molecular formula is C56H44N2O. The largest absolute Gasteiger partial charge is 0.455 e. The minimum absolute atomic E-state index is 0.0593. The maximum absolute atomic E-state index is 6.46. The number of aromatic nitrogens is 1. The third kappa shape index (κ3) is 5.96. The molecule has 0 saturated carbocycles. The van der Waals surface area contributed by atoms with Crippen molar-refractivity contribution in [3.63, 3.8) is 0 Å². The maximum atomic E-state index is 6.46. The molecule has 2 aromatic heterocycles. The Kier molecular flexibility index (Phi) is 8.37. The van der Waals surface area contributed by atoms with Crippen LogP contribution in [0.1, 0.15) is 37.8 Å². The highest BCUT2D eigenvalue weighted by Crippen LogP contribution is 2.42. The fraction of sp³-hybridized carbons (Fsp3) is 0.107. The molecule has 11 rings (SSSR count). The third-order valence-electron chi connectivity index (χ3n) is 12.7. The summed E-state index contributed by atoms with van der Waals surface area (Å²) in [6.45, 7) is 4.65. The number of fused-ring (bicyclic) bond motifs is 6. The van der Waals surface area contributed by atoms with Crippen molar-refractivity contribution in [1.29, 1.82) is 0 Å². The van der Waals surface area contributed by atoms with Crippen LogP contribution in [0.15, 0.2) is 210 Å². The van der Waals surface area contributed by atoms with Crippen molar-refractivity contribution in [2.45, 2.75) is 32.1 Å². The highest BCUT2D eigenvalue weighted by Gasteiger charge is 2.27. The normalized spacial score (nSPS) is 17.8. The number of allylic oxidation sites excluding steroid dienone is 7. The number of para-hydroxylation sites is 3. The highest BCUT2D eigenvalue weighted by atomic mass is 16.3. The predicted molar refractivity (Wildman–Crippen MR) is 249 cm³/mol. The second-order valence-electron chi connectivity index (χ2n) is 16.4. The molecule has 3 heteroatoms. The Morgan fingerprint density at radius 1 is 0.644 bits per heavy atom. The van der Waals surface area contributed by atoms with Crippen LogP contribution in [-0.2, 0) is 5.41 Å². The van der Waals surface area contributed by atoms with Crippen LogP contribution in [-0.4, -0.2) is 4.57 Å². The Morgan fingerprint density at radius 3 is 2.12 bits per heavy atom. The number of furan rings is 1. The molecule has 0 saturated heterocycles. The fourth-order valence-electron chi connectivity index (χ4n) is 9.44. The molecule has 0 bridgehead atoms. The van der Waals surface area contributed by atoms with Crippen molar-refractivity contribution in [3.8, 4) is 16.8 Å². The number of hydrogen-bond donors (Lipinski definition) is 0. The lowest BCUT2D eigenvalue weighted by Gasteiger charge is -2.33. The van der Waals surface area contributed by atoms with Crippen molar-refractivity contribution < 1.29 is 4.42 Å². The maximum Gasteiger partial charge on any atom is 0.143 e. The molecule has 0 fully saturated rings. The van der Waals surface area contributed by atoms with Gasteiger partial charge in [0, 0.05) is 55.3 Å². The van der Waals surface area contributed by atoms with E-state index in [1.165, 1.54) is 44.2 Å². The highest BCUT2D eigenvalue weighted by molar-refractivity contribution is 6.13. The first-order valence-electron chi connectivity index (χ1n) is 20.8. The molecule has 9 aromatic rings. The first-order chi connectivity index (χ1) is 29.0. The number of nitrogens with zero attached hydrogens (tertiary/aromatic N) is 2. The van der Waals surface area contributed by atoms with Crippen molar-refractivity contribution in [3.05, 3.63) is 217 Å². The van der Waals surface area contributed by atoms with E-state index in [0.29, 0.717) is 5.92 Å². The first-order valence-corrected chi connectivity index (χ1v) is 20.8. The van der Waals surface area contributed by atoms with Gasteiger partial charge in [-0.25, -0.2) is 0 Å². The molecule has 0 N–H and O–H groups in total. The van der Waals surface area contributed by atoms with Gasteiger partial charge in [-0.05, 0) is 108 Å².